The highest BCUT2D eigenvalue weighted by molar-refractivity contribution is 9.08. The first-order chi connectivity index (χ1) is 9.02. The van der Waals surface area contributed by atoms with E-state index in [1.54, 1.807) is 0 Å². The third-order valence-electron chi connectivity index (χ3n) is 3.28. The molecule has 0 fully saturated rings. The molecule has 0 heterocycles. The van der Waals surface area contributed by atoms with E-state index in [9.17, 15) is 0 Å². The Bertz CT molecular complexity index is 595. The zero-order valence-electron chi connectivity index (χ0n) is 11.4. The Kier molecular flexibility index (Phi) is 4.54. The maximum atomic E-state index is 6.27. The minimum absolute atomic E-state index is 0.777. The zero-order chi connectivity index (χ0) is 14.0. The highest BCUT2D eigenvalue weighted by atomic mass is 79.9. The molecule has 0 aliphatic carbocycles. The first kappa shape index (κ1) is 14.4. The molecule has 100 valence electrons. The lowest BCUT2D eigenvalue weighted by molar-refractivity contribution is 1.17. The molecule has 0 spiro atoms. The fraction of sp³-hybridized carbons (Fsp3) is 0.250. The highest BCUT2D eigenvalue weighted by Crippen LogP contribution is 2.31. The second-order valence-electron chi connectivity index (χ2n) is 4.76. The molecule has 0 aromatic heterocycles. The van der Waals surface area contributed by atoms with E-state index in [0.29, 0.717) is 0 Å². The van der Waals surface area contributed by atoms with E-state index in [0.717, 1.165) is 21.6 Å². The third kappa shape index (κ3) is 3.13. The molecule has 2 rings (SSSR count). The summed E-state index contributed by atoms with van der Waals surface area (Å²) in [5, 5.41) is 1.57. The van der Waals surface area contributed by atoms with E-state index >= 15 is 0 Å². The number of hydrogen-bond donors (Lipinski definition) is 0. The molecule has 0 N–H and O–H groups in total. The van der Waals surface area contributed by atoms with E-state index in [-0.39, 0.29) is 0 Å². The summed E-state index contributed by atoms with van der Waals surface area (Å²) in [6.07, 6.45) is 0. The normalized spacial score (nSPS) is 10.6. The third-order valence-corrected chi connectivity index (χ3v) is 4.24. The van der Waals surface area contributed by atoms with Crippen LogP contribution in [0.4, 0.5) is 11.4 Å². The quantitative estimate of drug-likeness (QED) is 0.657. The van der Waals surface area contributed by atoms with Crippen molar-refractivity contribution in [1.82, 2.24) is 0 Å². The van der Waals surface area contributed by atoms with Crippen LogP contribution in [0, 0.1) is 13.8 Å². The van der Waals surface area contributed by atoms with E-state index in [1.807, 2.05) is 6.07 Å². The molecule has 2 aromatic rings. The Balaban J connectivity index is 2.38. The van der Waals surface area contributed by atoms with Crippen LogP contribution in [0.3, 0.4) is 0 Å². The summed E-state index contributed by atoms with van der Waals surface area (Å²) in [6, 6.07) is 12.6. The molecule has 2 aromatic carbocycles. The highest BCUT2D eigenvalue weighted by Gasteiger charge is 2.09. The average molecular weight is 339 g/mol. The van der Waals surface area contributed by atoms with Crippen LogP contribution in [0.15, 0.2) is 36.4 Å². The van der Waals surface area contributed by atoms with Crippen molar-refractivity contribution in [2.45, 2.75) is 19.2 Å². The van der Waals surface area contributed by atoms with Gasteiger partial charge in [0.25, 0.3) is 0 Å². The number of nitrogens with zero attached hydrogens (tertiary/aromatic N) is 1. The molecule has 3 heteroatoms. The minimum atomic E-state index is 0.777. The Morgan fingerprint density at radius 2 is 1.84 bits per heavy atom. The summed E-state index contributed by atoms with van der Waals surface area (Å²) in [6.45, 7) is 4.24. The topological polar surface area (TPSA) is 3.24 Å². The monoisotopic (exact) mass is 337 g/mol. The van der Waals surface area contributed by atoms with Crippen molar-refractivity contribution in [3.63, 3.8) is 0 Å². The summed E-state index contributed by atoms with van der Waals surface area (Å²) in [5.74, 6) is 0. The van der Waals surface area contributed by atoms with Gasteiger partial charge in [-0.3, -0.25) is 0 Å². The van der Waals surface area contributed by atoms with Gasteiger partial charge in [-0.25, -0.2) is 0 Å². The van der Waals surface area contributed by atoms with Gasteiger partial charge in [0, 0.05) is 28.8 Å². The summed E-state index contributed by atoms with van der Waals surface area (Å²) in [4.78, 5) is 2.17. The maximum absolute atomic E-state index is 6.27. The van der Waals surface area contributed by atoms with Crippen molar-refractivity contribution in [3.8, 4) is 0 Å². The second kappa shape index (κ2) is 5.98. The van der Waals surface area contributed by atoms with Crippen LogP contribution >= 0.6 is 27.5 Å². The Morgan fingerprint density at radius 1 is 1.11 bits per heavy atom. The van der Waals surface area contributed by atoms with E-state index < -0.39 is 0 Å². The van der Waals surface area contributed by atoms with Crippen LogP contribution in [-0.2, 0) is 5.33 Å². The number of alkyl halides is 1. The Labute approximate surface area is 128 Å². The van der Waals surface area contributed by atoms with Gasteiger partial charge in [-0.15, -0.1) is 0 Å². The molecular weight excluding hydrogens is 322 g/mol. The van der Waals surface area contributed by atoms with Gasteiger partial charge in [0.15, 0.2) is 0 Å². The Hall–Kier alpha value is -0.990. The smallest absolute Gasteiger partial charge is 0.0467 e. The van der Waals surface area contributed by atoms with Crippen LogP contribution in [0.2, 0.25) is 5.02 Å². The lowest BCUT2D eigenvalue weighted by Crippen LogP contribution is -2.11. The van der Waals surface area contributed by atoms with Crippen LogP contribution < -0.4 is 4.90 Å². The van der Waals surface area contributed by atoms with E-state index in [1.165, 1.54) is 16.8 Å². The predicted octanol–water partition coefficient (Wildman–Crippen LogP) is 5.62. The van der Waals surface area contributed by atoms with Crippen LogP contribution in [0.5, 0.6) is 0 Å². The molecule has 1 nitrogen and oxygen atoms in total. The lowest BCUT2D eigenvalue weighted by Gasteiger charge is -2.22. The molecule has 0 unspecified atom stereocenters. The maximum Gasteiger partial charge on any atom is 0.0467 e. The van der Waals surface area contributed by atoms with Crippen molar-refractivity contribution in [1.29, 1.82) is 0 Å². The summed E-state index contributed by atoms with van der Waals surface area (Å²) < 4.78 is 0. The summed E-state index contributed by atoms with van der Waals surface area (Å²) >= 11 is 9.71. The largest absolute Gasteiger partial charge is 0.344 e. The van der Waals surface area contributed by atoms with Crippen LogP contribution in [-0.4, -0.2) is 7.05 Å². The standard InChI is InChI=1S/C16H17BrClN/c1-11-4-7-16(12(2)8-11)19(3)14-6-5-13(10-17)15(18)9-14/h4-9H,10H2,1-3H3. The van der Waals surface area contributed by atoms with Gasteiger partial charge in [-0.05, 0) is 43.2 Å². The lowest BCUT2D eigenvalue weighted by atomic mass is 10.1. The summed E-state index contributed by atoms with van der Waals surface area (Å²) in [7, 11) is 2.07. The van der Waals surface area contributed by atoms with Gasteiger partial charge >= 0.3 is 0 Å². The summed E-state index contributed by atoms with van der Waals surface area (Å²) in [5.41, 5.74) is 5.96. The van der Waals surface area contributed by atoms with Gasteiger partial charge in [0.05, 0.1) is 0 Å². The molecule has 19 heavy (non-hydrogen) atoms. The van der Waals surface area contributed by atoms with Crippen molar-refractivity contribution in [3.05, 3.63) is 58.1 Å². The molecule has 0 aliphatic rings. The predicted molar refractivity (Wildman–Crippen MR) is 88.1 cm³/mol. The first-order valence-electron chi connectivity index (χ1n) is 6.18. The van der Waals surface area contributed by atoms with Gasteiger partial charge < -0.3 is 4.90 Å². The van der Waals surface area contributed by atoms with Crippen LogP contribution in [0.1, 0.15) is 16.7 Å². The minimum Gasteiger partial charge on any atom is -0.344 e. The number of rotatable bonds is 3. The van der Waals surface area contributed by atoms with E-state index in [2.05, 4.69) is 72.1 Å². The number of hydrogen-bond acceptors (Lipinski definition) is 1. The number of benzene rings is 2. The van der Waals surface area contributed by atoms with Gasteiger partial charge in [-0.2, -0.15) is 0 Å². The Morgan fingerprint density at radius 3 is 2.42 bits per heavy atom. The molecule has 0 aliphatic heterocycles. The molecular formula is C16H17BrClN. The van der Waals surface area contributed by atoms with Gasteiger partial charge in [-0.1, -0.05) is 51.3 Å². The van der Waals surface area contributed by atoms with Crippen molar-refractivity contribution < 1.29 is 0 Å². The first-order valence-corrected chi connectivity index (χ1v) is 7.68. The molecule has 0 atom stereocenters. The van der Waals surface area contributed by atoms with Crippen molar-refractivity contribution in [2.24, 2.45) is 0 Å². The molecule has 0 bridgehead atoms. The zero-order valence-corrected chi connectivity index (χ0v) is 13.7. The SMILES string of the molecule is Cc1ccc(N(C)c2ccc(CBr)c(Cl)c2)c(C)c1. The number of aryl methyl sites for hydroxylation is 2. The van der Waals surface area contributed by atoms with Gasteiger partial charge in [0.2, 0.25) is 0 Å². The molecule has 0 radical (unpaired) electrons. The van der Waals surface area contributed by atoms with Crippen molar-refractivity contribution in [2.75, 3.05) is 11.9 Å². The van der Waals surface area contributed by atoms with Gasteiger partial charge in [0.1, 0.15) is 0 Å². The fourth-order valence-corrected chi connectivity index (χ4v) is 3.07. The number of halogens is 2. The molecule has 0 saturated heterocycles. The second-order valence-corrected chi connectivity index (χ2v) is 5.73. The van der Waals surface area contributed by atoms with E-state index in [4.69, 9.17) is 11.6 Å². The molecule has 0 amide bonds. The average Bonchev–Trinajstić information content (AvgIpc) is 2.38. The van der Waals surface area contributed by atoms with Crippen molar-refractivity contribution >= 4 is 38.9 Å². The van der Waals surface area contributed by atoms with Crippen LogP contribution in [0.25, 0.3) is 0 Å². The fourth-order valence-electron chi connectivity index (χ4n) is 2.17. The molecule has 0 saturated carbocycles. The number of anilines is 2.